The van der Waals surface area contributed by atoms with E-state index in [4.69, 9.17) is 20.7 Å². The first kappa shape index (κ1) is 23.9. The molecule has 1 heterocycles. The van der Waals surface area contributed by atoms with E-state index in [1.54, 1.807) is 0 Å². The normalized spacial score (nSPS) is 14.4. The first-order chi connectivity index (χ1) is 13.8. The number of nitrogens with two attached hydrogens (primary N) is 2. The lowest BCUT2D eigenvalue weighted by Crippen LogP contribution is -2.48. The highest BCUT2D eigenvalue weighted by molar-refractivity contribution is 5.64. The summed E-state index contributed by atoms with van der Waals surface area (Å²) in [6.45, 7) is 13.0. The standard InChI is InChI=1S/C23H36N4O3/c1-21(2,3)17-11-9-16(10-12-17)15-18-26-19(30-27-18)23(25,22(4,5)6)13-7-8-14-29-20(24)28/h9-12H,7-8,13-15,25H2,1-6H3,(H2,24,28). The number of rotatable bonds is 8. The summed E-state index contributed by atoms with van der Waals surface area (Å²) in [5.74, 6) is 1.05. The molecule has 1 unspecified atom stereocenters. The Morgan fingerprint density at radius 3 is 2.23 bits per heavy atom. The summed E-state index contributed by atoms with van der Waals surface area (Å²) in [7, 11) is 0. The van der Waals surface area contributed by atoms with Gasteiger partial charge in [-0.1, -0.05) is 71.0 Å². The smallest absolute Gasteiger partial charge is 0.404 e. The topological polar surface area (TPSA) is 117 Å². The molecule has 0 saturated carbocycles. The average molecular weight is 417 g/mol. The minimum Gasteiger partial charge on any atom is -0.450 e. The van der Waals surface area contributed by atoms with Crippen LogP contribution in [-0.4, -0.2) is 22.8 Å². The molecule has 0 radical (unpaired) electrons. The predicted octanol–water partition coefficient (Wildman–Crippen LogP) is 4.42. The van der Waals surface area contributed by atoms with Crippen LogP contribution in [0.3, 0.4) is 0 Å². The Labute approximate surface area is 179 Å². The van der Waals surface area contributed by atoms with E-state index in [1.807, 2.05) is 0 Å². The third-order valence-electron chi connectivity index (χ3n) is 5.58. The number of benzene rings is 1. The number of primary amides is 1. The second-order valence-electron chi connectivity index (χ2n) is 9.99. The minimum absolute atomic E-state index is 0.117. The molecule has 2 aromatic rings. The highest BCUT2D eigenvalue weighted by atomic mass is 16.5. The molecule has 1 aromatic carbocycles. The maximum Gasteiger partial charge on any atom is 0.404 e. The molecule has 4 N–H and O–H groups in total. The van der Waals surface area contributed by atoms with E-state index in [9.17, 15) is 4.79 Å². The van der Waals surface area contributed by atoms with Crippen molar-refractivity contribution in [3.05, 3.63) is 47.1 Å². The minimum atomic E-state index is -0.791. The van der Waals surface area contributed by atoms with Gasteiger partial charge in [-0.2, -0.15) is 4.98 Å². The fraction of sp³-hybridized carbons (Fsp3) is 0.609. The SMILES string of the molecule is CC(C)(C)c1ccc(Cc2noc(C(N)(CCCCOC(N)=O)C(C)(C)C)n2)cc1. The lowest BCUT2D eigenvalue weighted by Gasteiger charge is -2.38. The van der Waals surface area contributed by atoms with E-state index in [0.717, 1.165) is 12.0 Å². The zero-order valence-electron chi connectivity index (χ0n) is 19.1. The Bertz CT molecular complexity index is 831. The van der Waals surface area contributed by atoms with Crippen molar-refractivity contribution in [2.75, 3.05) is 6.61 Å². The van der Waals surface area contributed by atoms with Crippen molar-refractivity contribution in [1.82, 2.24) is 10.1 Å². The van der Waals surface area contributed by atoms with Crippen LogP contribution in [0.2, 0.25) is 0 Å². The molecule has 30 heavy (non-hydrogen) atoms. The van der Waals surface area contributed by atoms with Crippen LogP contribution in [0.15, 0.2) is 28.8 Å². The molecule has 1 aromatic heterocycles. The van der Waals surface area contributed by atoms with Gasteiger partial charge >= 0.3 is 6.09 Å². The van der Waals surface area contributed by atoms with Crippen molar-refractivity contribution < 1.29 is 14.1 Å². The van der Waals surface area contributed by atoms with E-state index in [2.05, 4.69) is 75.9 Å². The molecule has 1 atom stereocenters. The number of carbonyl (C=O) groups is 1. The largest absolute Gasteiger partial charge is 0.450 e. The van der Waals surface area contributed by atoms with E-state index < -0.39 is 11.6 Å². The van der Waals surface area contributed by atoms with Crippen LogP contribution in [0.25, 0.3) is 0 Å². The van der Waals surface area contributed by atoms with Gasteiger partial charge in [0.2, 0.25) is 5.89 Å². The Hall–Kier alpha value is -2.41. The summed E-state index contributed by atoms with van der Waals surface area (Å²) in [6.07, 6.45) is 1.86. The fourth-order valence-electron chi connectivity index (χ4n) is 3.29. The highest BCUT2D eigenvalue weighted by Gasteiger charge is 2.44. The number of aromatic nitrogens is 2. The Balaban J connectivity index is 2.10. The summed E-state index contributed by atoms with van der Waals surface area (Å²) in [6, 6.07) is 8.50. The van der Waals surface area contributed by atoms with Gasteiger partial charge in [0.1, 0.15) is 5.54 Å². The highest BCUT2D eigenvalue weighted by Crippen LogP contribution is 2.40. The van der Waals surface area contributed by atoms with Gasteiger partial charge in [0, 0.05) is 6.42 Å². The van der Waals surface area contributed by atoms with Crippen molar-refractivity contribution in [2.45, 2.75) is 78.2 Å². The maximum absolute atomic E-state index is 10.7. The summed E-state index contributed by atoms with van der Waals surface area (Å²) >= 11 is 0. The first-order valence-electron chi connectivity index (χ1n) is 10.5. The summed E-state index contributed by atoms with van der Waals surface area (Å²) in [5.41, 5.74) is 13.2. The molecule has 7 heteroatoms. The zero-order chi connectivity index (χ0) is 22.6. The van der Waals surface area contributed by atoms with Crippen molar-refractivity contribution >= 4 is 6.09 Å². The van der Waals surface area contributed by atoms with Crippen molar-refractivity contribution in [1.29, 1.82) is 0 Å². The van der Waals surface area contributed by atoms with Crippen LogP contribution in [0.4, 0.5) is 4.79 Å². The quantitative estimate of drug-likeness (QED) is 0.615. The van der Waals surface area contributed by atoms with Gasteiger partial charge < -0.3 is 20.7 Å². The Kier molecular flexibility index (Phi) is 7.29. The van der Waals surface area contributed by atoms with E-state index in [0.29, 0.717) is 31.0 Å². The Morgan fingerprint density at radius 1 is 1.07 bits per heavy atom. The molecule has 0 aliphatic rings. The van der Waals surface area contributed by atoms with Gasteiger partial charge in [0.15, 0.2) is 5.82 Å². The van der Waals surface area contributed by atoms with Gasteiger partial charge in [0.05, 0.1) is 6.61 Å². The number of unbranched alkanes of at least 4 members (excludes halogenated alkanes) is 1. The zero-order valence-corrected chi connectivity index (χ0v) is 19.1. The molecular weight excluding hydrogens is 380 g/mol. The average Bonchev–Trinajstić information content (AvgIpc) is 3.08. The molecule has 2 rings (SSSR count). The lowest BCUT2D eigenvalue weighted by molar-refractivity contribution is 0.116. The van der Waals surface area contributed by atoms with E-state index in [-0.39, 0.29) is 17.4 Å². The van der Waals surface area contributed by atoms with Crippen LogP contribution in [0.1, 0.15) is 83.6 Å². The summed E-state index contributed by atoms with van der Waals surface area (Å²) in [5, 5.41) is 4.18. The third-order valence-corrected chi connectivity index (χ3v) is 5.58. The lowest BCUT2D eigenvalue weighted by atomic mass is 9.71. The van der Waals surface area contributed by atoms with E-state index >= 15 is 0 Å². The second-order valence-corrected chi connectivity index (χ2v) is 9.99. The number of nitrogens with zero attached hydrogens (tertiary/aromatic N) is 2. The van der Waals surface area contributed by atoms with Crippen LogP contribution >= 0.6 is 0 Å². The van der Waals surface area contributed by atoms with Crippen molar-refractivity contribution in [3.8, 4) is 0 Å². The third kappa shape index (κ3) is 6.05. The molecule has 0 fully saturated rings. The second kappa shape index (κ2) is 9.16. The molecule has 1 amide bonds. The summed E-state index contributed by atoms with van der Waals surface area (Å²) < 4.78 is 10.4. The van der Waals surface area contributed by atoms with Crippen LogP contribution in [0, 0.1) is 5.41 Å². The molecule has 0 aliphatic heterocycles. The van der Waals surface area contributed by atoms with Crippen molar-refractivity contribution in [3.63, 3.8) is 0 Å². The fourth-order valence-corrected chi connectivity index (χ4v) is 3.29. The maximum atomic E-state index is 10.7. The molecular formula is C23H36N4O3. The number of hydrogen-bond donors (Lipinski definition) is 2. The number of carbonyl (C=O) groups excluding carboxylic acids is 1. The van der Waals surface area contributed by atoms with Crippen LogP contribution in [-0.2, 0) is 22.1 Å². The Morgan fingerprint density at radius 2 is 1.70 bits per heavy atom. The summed E-state index contributed by atoms with van der Waals surface area (Å²) in [4.78, 5) is 15.3. The molecule has 0 spiro atoms. The molecule has 0 bridgehead atoms. The molecule has 0 aliphatic carbocycles. The molecule has 7 nitrogen and oxygen atoms in total. The van der Waals surface area contributed by atoms with Gasteiger partial charge in [-0.25, -0.2) is 4.79 Å². The van der Waals surface area contributed by atoms with Gasteiger partial charge in [-0.15, -0.1) is 0 Å². The molecule has 166 valence electrons. The number of ether oxygens (including phenoxy) is 1. The molecule has 0 saturated heterocycles. The van der Waals surface area contributed by atoms with Crippen molar-refractivity contribution in [2.24, 2.45) is 16.9 Å². The number of amides is 1. The van der Waals surface area contributed by atoms with Gasteiger partial charge in [0.25, 0.3) is 0 Å². The monoisotopic (exact) mass is 416 g/mol. The van der Waals surface area contributed by atoms with E-state index in [1.165, 1.54) is 5.56 Å². The predicted molar refractivity (Wildman–Crippen MR) is 117 cm³/mol. The first-order valence-corrected chi connectivity index (χ1v) is 10.5. The van der Waals surface area contributed by atoms with Crippen LogP contribution < -0.4 is 11.5 Å². The van der Waals surface area contributed by atoms with Crippen LogP contribution in [0.5, 0.6) is 0 Å². The van der Waals surface area contributed by atoms with Gasteiger partial charge in [-0.3, -0.25) is 0 Å². The van der Waals surface area contributed by atoms with Gasteiger partial charge in [-0.05, 0) is 41.2 Å². The number of hydrogen-bond acceptors (Lipinski definition) is 6.